The lowest BCUT2D eigenvalue weighted by Gasteiger charge is -2.38. The quantitative estimate of drug-likeness (QED) is 0.866. The number of piperazine rings is 1. The summed E-state index contributed by atoms with van der Waals surface area (Å²) in [6, 6.07) is 5.49. The number of rotatable bonds is 5. The maximum absolute atomic E-state index is 14.1. The van der Waals surface area contributed by atoms with Crippen molar-refractivity contribution in [3.8, 4) is 5.75 Å². The fourth-order valence-corrected chi connectivity index (χ4v) is 2.53. The summed E-state index contributed by atoms with van der Waals surface area (Å²) in [6.45, 7) is 1.26. The molecule has 1 saturated heterocycles. The molecule has 0 amide bonds. The second kappa shape index (κ2) is 7.89. The fourth-order valence-electron chi connectivity index (χ4n) is 2.53. The molecule has 1 atom stereocenters. The third-order valence-corrected chi connectivity index (χ3v) is 3.56. The van der Waals surface area contributed by atoms with E-state index < -0.39 is 18.6 Å². The van der Waals surface area contributed by atoms with Crippen LogP contribution < -0.4 is 10.1 Å². The van der Waals surface area contributed by atoms with Gasteiger partial charge in [-0.05, 0) is 17.7 Å². The maximum atomic E-state index is 14.1. The summed E-state index contributed by atoms with van der Waals surface area (Å²) >= 11 is 0. The van der Waals surface area contributed by atoms with Gasteiger partial charge in [-0.25, -0.2) is 8.78 Å². The number of benzene rings is 1. The minimum absolute atomic E-state index is 0. The number of hydrogen-bond donors (Lipinski definition) is 2. The minimum atomic E-state index is -3.17. The number of halogens is 3. The van der Waals surface area contributed by atoms with Crippen LogP contribution >= 0.6 is 12.4 Å². The summed E-state index contributed by atoms with van der Waals surface area (Å²) in [4.78, 5) is 1.72. The number of aliphatic hydroxyl groups excluding tert-OH is 1. The van der Waals surface area contributed by atoms with E-state index in [0.717, 1.165) is 0 Å². The van der Waals surface area contributed by atoms with Gasteiger partial charge in [0, 0.05) is 26.2 Å². The highest BCUT2D eigenvalue weighted by atomic mass is 35.5. The average Bonchev–Trinajstić information content (AvgIpc) is 2.49. The molecule has 0 saturated carbocycles. The molecule has 1 heterocycles. The Bertz CT molecular complexity index is 425. The van der Waals surface area contributed by atoms with E-state index in [0.29, 0.717) is 37.5 Å². The Morgan fingerprint density at radius 1 is 1.29 bits per heavy atom. The Morgan fingerprint density at radius 3 is 2.33 bits per heavy atom. The molecule has 0 unspecified atom stereocenters. The summed E-state index contributed by atoms with van der Waals surface area (Å²) in [5.41, 5.74) is 0.492. The van der Waals surface area contributed by atoms with Gasteiger partial charge in [-0.3, -0.25) is 4.90 Å². The number of hydrogen-bond acceptors (Lipinski definition) is 4. The smallest absolute Gasteiger partial charge is 0.289 e. The van der Waals surface area contributed by atoms with Crippen LogP contribution in [-0.4, -0.2) is 55.8 Å². The van der Waals surface area contributed by atoms with Crippen LogP contribution in [0.25, 0.3) is 0 Å². The first-order chi connectivity index (χ1) is 9.58. The molecule has 0 aromatic heterocycles. The Kier molecular flexibility index (Phi) is 6.80. The molecular weight excluding hydrogens is 302 g/mol. The molecule has 1 aromatic carbocycles. The van der Waals surface area contributed by atoms with Gasteiger partial charge in [-0.15, -0.1) is 12.4 Å². The lowest BCUT2D eigenvalue weighted by atomic mass is 9.98. The second-order valence-corrected chi connectivity index (χ2v) is 4.88. The first kappa shape index (κ1) is 18.1. The van der Waals surface area contributed by atoms with Crippen molar-refractivity contribution in [3.63, 3.8) is 0 Å². The first-order valence-electron chi connectivity index (χ1n) is 6.66. The van der Waals surface area contributed by atoms with E-state index in [4.69, 9.17) is 9.84 Å². The van der Waals surface area contributed by atoms with Crippen LogP contribution in [0.5, 0.6) is 5.75 Å². The van der Waals surface area contributed by atoms with Crippen LogP contribution in [0.1, 0.15) is 11.6 Å². The monoisotopic (exact) mass is 322 g/mol. The van der Waals surface area contributed by atoms with Crippen molar-refractivity contribution in [2.75, 3.05) is 39.9 Å². The van der Waals surface area contributed by atoms with E-state index >= 15 is 0 Å². The minimum Gasteiger partial charge on any atom is -0.497 e. The van der Waals surface area contributed by atoms with Gasteiger partial charge in [0.05, 0.1) is 7.11 Å². The zero-order valence-electron chi connectivity index (χ0n) is 11.9. The third-order valence-electron chi connectivity index (χ3n) is 3.56. The van der Waals surface area contributed by atoms with Gasteiger partial charge in [-0.1, -0.05) is 12.1 Å². The molecule has 0 spiro atoms. The Morgan fingerprint density at radius 2 is 1.86 bits per heavy atom. The standard InChI is InChI=1S/C14H20F2N2O2.ClH/c1-20-12-4-2-11(3-5-12)13(14(15,16)10-19)18-8-6-17-7-9-18;/h2-5,13,17,19H,6-10H2,1H3;1H/t13-;/m0./s1. The van der Waals surface area contributed by atoms with Gasteiger partial charge in [-0.2, -0.15) is 0 Å². The normalized spacial score (nSPS) is 17.9. The van der Waals surface area contributed by atoms with E-state index in [1.54, 1.807) is 29.2 Å². The van der Waals surface area contributed by atoms with Crippen LogP contribution in [0, 0.1) is 0 Å². The lowest BCUT2D eigenvalue weighted by molar-refractivity contribution is -0.118. The van der Waals surface area contributed by atoms with Gasteiger partial charge in [0.25, 0.3) is 5.92 Å². The van der Waals surface area contributed by atoms with Crippen molar-refractivity contribution in [2.45, 2.75) is 12.0 Å². The topological polar surface area (TPSA) is 44.7 Å². The molecule has 0 bridgehead atoms. The van der Waals surface area contributed by atoms with Crippen molar-refractivity contribution < 1.29 is 18.6 Å². The van der Waals surface area contributed by atoms with Crippen molar-refractivity contribution in [2.24, 2.45) is 0 Å². The van der Waals surface area contributed by atoms with Crippen LogP contribution in [0.3, 0.4) is 0 Å². The van der Waals surface area contributed by atoms with Crippen molar-refractivity contribution in [1.29, 1.82) is 0 Å². The summed E-state index contributed by atoms with van der Waals surface area (Å²) < 4.78 is 33.3. The predicted octanol–water partition coefficient (Wildman–Crippen LogP) is 1.69. The predicted molar refractivity (Wildman–Crippen MR) is 79.5 cm³/mol. The molecule has 7 heteroatoms. The molecular formula is C14H21ClF2N2O2. The first-order valence-corrected chi connectivity index (χ1v) is 6.66. The number of nitrogens with zero attached hydrogens (tertiary/aromatic N) is 1. The molecule has 1 fully saturated rings. The summed E-state index contributed by atoms with van der Waals surface area (Å²) in [5.74, 6) is -2.55. The number of aliphatic hydroxyl groups is 1. The molecule has 1 aliphatic rings. The van der Waals surface area contributed by atoms with Crippen LogP contribution in [0.15, 0.2) is 24.3 Å². The number of methoxy groups -OCH3 is 1. The zero-order chi connectivity index (χ0) is 14.6. The molecule has 0 radical (unpaired) electrons. The van der Waals surface area contributed by atoms with E-state index in [1.165, 1.54) is 7.11 Å². The second-order valence-electron chi connectivity index (χ2n) is 4.88. The van der Waals surface area contributed by atoms with Gasteiger partial charge in [0.1, 0.15) is 18.4 Å². The van der Waals surface area contributed by atoms with Crippen molar-refractivity contribution in [3.05, 3.63) is 29.8 Å². The Hall–Kier alpha value is -0.950. The van der Waals surface area contributed by atoms with E-state index in [9.17, 15) is 8.78 Å². The molecule has 2 N–H and O–H groups in total. The summed E-state index contributed by atoms with van der Waals surface area (Å²) in [5, 5.41) is 12.2. The largest absolute Gasteiger partial charge is 0.497 e. The van der Waals surface area contributed by atoms with Gasteiger partial charge >= 0.3 is 0 Å². The van der Waals surface area contributed by atoms with Crippen molar-refractivity contribution in [1.82, 2.24) is 10.2 Å². The van der Waals surface area contributed by atoms with Crippen LogP contribution in [-0.2, 0) is 0 Å². The summed E-state index contributed by atoms with van der Waals surface area (Å²) in [6.07, 6.45) is 0. The molecule has 120 valence electrons. The van der Waals surface area contributed by atoms with Gasteiger partial charge in [0.2, 0.25) is 0 Å². The van der Waals surface area contributed by atoms with Crippen molar-refractivity contribution >= 4 is 12.4 Å². The van der Waals surface area contributed by atoms with Crippen LogP contribution in [0.2, 0.25) is 0 Å². The van der Waals surface area contributed by atoms with E-state index in [2.05, 4.69) is 5.32 Å². The fraction of sp³-hybridized carbons (Fsp3) is 0.571. The summed E-state index contributed by atoms with van der Waals surface area (Å²) in [7, 11) is 1.53. The highest BCUT2D eigenvalue weighted by Gasteiger charge is 2.43. The maximum Gasteiger partial charge on any atom is 0.289 e. The van der Waals surface area contributed by atoms with E-state index in [-0.39, 0.29) is 12.4 Å². The highest BCUT2D eigenvalue weighted by Crippen LogP contribution is 2.36. The average molecular weight is 323 g/mol. The zero-order valence-corrected chi connectivity index (χ0v) is 12.7. The molecule has 1 aliphatic heterocycles. The van der Waals surface area contributed by atoms with Gasteiger partial charge in [0.15, 0.2) is 0 Å². The number of alkyl halides is 2. The third kappa shape index (κ3) is 4.26. The molecule has 4 nitrogen and oxygen atoms in total. The van der Waals surface area contributed by atoms with Gasteiger partial charge < -0.3 is 15.2 Å². The molecule has 1 aromatic rings. The molecule has 2 rings (SSSR count). The SMILES string of the molecule is COc1ccc([C@H](N2CCNCC2)C(F)(F)CO)cc1.Cl. The van der Waals surface area contributed by atoms with Crippen LogP contribution in [0.4, 0.5) is 8.78 Å². The van der Waals surface area contributed by atoms with E-state index in [1.807, 2.05) is 0 Å². The Balaban J connectivity index is 0.00000220. The Labute approximate surface area is 129 Å². The number of ether oxygens (including phenoxy) is 1. The molecule has 21 heavy (non-hydrogen) atoms. The molecule has 0 aliphatic carbocycles. The lowest BCUT2D eigenvalue weighted by Crippen LogP contribution is -2.51. The highest BCUT2D eigenvalue weighted by molar-refractivity contribution is 5.85. The number of nitrogens with one attached hydrogen (secondary N) is 1.